The van der Waals surface area contributed by atoms with Crippen LogP contribution in [-0.4, -0.2) is 42.9 Å². The van der Waals surface area contributed by atoms with Gasteiger partial charge in [-0.15, -0.1) is 24.0 Å². The highest BCUT2D eigenvalue weighted by Gasteiger charge is 2.30. The third kappa shape index (κ3) is 7.25. The predicted molar refractivity (Wildman–Crippen MR) is 109 cm³/mol. The predicted octanol–water partition coefficient (Wildman–Crippen LogP) is 2.85. The molecule has 24 heavy (non-hydrogen) atoms. The molecule has 0 aliphatic heterocycles. The Balaban J connectivity index is 0.00000288. The van der Waals surface area contributed by atoms with E-state index in [4.69, 9.17) is 4.74 Å². The largest absolute Gasteiger partial charge is 0.492 e. The van der Waals surface area contributed by atoms with Gasteiger partial charge < -0.3 is 20.5 Å². The number of nitrogens with zero attached hydrogens (tertiary/aromatic N) is 1. The first-order valence-corrected chi connectivity index (χ1v) is 8.55. The minimum absolute atomic E-state index is 0. The smallest absolute Gasteiger partial charge is 0.191 e. The van der Waals surface area contributed by atoms with Crippen LogP contribution in [0.1, 0.15) is 38.2 Å². The molecule has 0 bridgehead atoms. The molecule has 1 saturated carbocycles. The molecule has 2 rings (SSSR count). The van der Waals surface area contributed by atoms with Crippen LogP contribution >= 0.6 is 24.0 Å². The summed E-state index contributed by atoms with van der Waals surface area (Å²) in [7, 11) is 0. The van der Waals surface area contributed by atoms with Crippen molar-refractivity contribution in [1.29, 1.82) is 0 Å². The van der Waals surface area contributed by atoms with E-state index in [0.717, 1.165) is 43.9 Å². The molecular weight excluding hydrogens is 417 g/mol. The average Bonchev–Trinajstić information content (AvgIpc) is 2.98. The van der Waals surface area contributed by atoms with Gasteiger partial charge in [0, 0.05) is 6.54 Å². The van der Waals surface area contributed by atoms with Gasteiger partial charge in [-0.2, -0.15) is 0 Å². The number of aliphatic imine (C=N–C) groups is 1. The Hall–Kier alpha value is -1.02. The maximum absolute atomic E-state index is 10.4. The molecule has 1 aliphatic carbocycles. The standard InChI is InChI=1S/C18H29N3O2.HI/c1-3-19-17(21-14-18(22)10-4-5-11-18)20-12-13-23-16-8-6-15(2)7-9-16;/h6-9,22H,3-5,10-14H2,1-2H3,(H2,19,20,21);1H. The van der Waals surface area contributed by atoms with Crippen molar-refractivity contribution in [3.05, 3.63) is 29.8 Å². The van der Waals surface area contributed by atoms with E-state index in [0.29, 0.717) is 19.7 Å². The maximum Gasteiger partial charge on any atom is 0.191 e. The first-order valence-electron chi connectivity index (χ1n) is 8.55. The van der Waals surface area contributed by atoms with Crippen LogP contribution in [0, 0.1) is 6.92 Å². The highest BCUT2D eigenvalue weighted by molar-refractivity contribution is 14.0. The number of hydrogen-bond acceptors (Lipinski definition) is 3. The summed E-state index contributed by atoms with van der Waals surface area (Å²) in [5.74, 6) is 1.61. The summed E-state index contributed by atoms with van der Waals surface area (Å²) in [6.07, 6.45) is 3.90. The second-order valence-electron chi connectivity index (χ2n) is 6.21. The average molecular weight is 447 g/mol. The molecule has 0 atom stereocenters. The monoisotopic (exact) mass is 447 g/mol. The fourth-order valence-electron chi connectivity index (χ4n) is 2.73. The molecule has 1 aliphatic rings. The van der Waals surface area contributed by atoms with E-state index >= 15 is 0 Å². The molecule has 136 valence electrons. The number of nitrogens with one attached hydrogen (secondary N) is 2. The number of ether oxygens (including phenoxy) is 1. The third-order valence-electron chi connectivity index (χ3n) is 4.09. The molecule has 0 spiro atoms. The van der Waals surface area contributed by atoms with Gasteiger partial charge in [0.15, 0.2) is 5.96 Å². The van der Waals surface area contributed by atoms with Gasteiger partial charge in [0.25, 0.3) is 0 Å². The van der Waals surface area contributed by atoms with E-state index < -0.39 is 5.60 Å². The van der Waals surface area contributed by atoms with Crippen LogP contribution in [0.2, 0.25) is 0 Å². The lowest BCUT2D eigenvalue weighted by molar-refractivity contribution is 0.0574. The van der Waals surface area contributed by atoms with Crippen LogP contribution in [0.3, 0.4) is 0 Å². The number of aliphatic hydroxyl groups is 1. The highest BCUT2D eigenvalue weighted by Crippen LogP contribution is 2.29. The molecule has 0 radical (unpaired) electrons. The zero-order valence-corrected chi connectivity index (χ0v) is 17.0. The van der Waals surface area contributed by atoms with Gasteiger partial charge >= 0.3 is 0 Å². The van der Waals surface area contributed by atoms with E-state index in [-0.39, 0.29) is 24.0 Å². The van der Waals surface area contributed by atoms with Crippen molar-refractivity contribution in [2.75, 3.05) is 26.2 Å². The Morgan fingerprint density at radius 2 is 1.88 bits per heavy atom. The van der Waals surface area contributed by atoms with E-state index in [2.05, 4.69) is 22.5 Å². The normalized spacial score (nSPS) is 16.4. The second kappa shape index (κ2) is 10.8. The Morgan fingerprint density at radius 3 is 2.50 bits per heavy atom. The molecule has 3 N–H and O–H groups in total. The van der Waals surface area contributed by atoms with Gasteiger partial charge in [0.2, 0.25) is 0 Å². The van der Waals surface area contributed by atoms with Crippen molar-refractivity contribution in [2.45, 2.75) is 45.1 Å². The molecule has 1 aromatic rings. The summed E-state index contributed by atoms with van der Waals surface area (Å²) in [5.41, 5.74) is 0.614. The molecule has 6 heteroatoms. The van der Waals surface area contributed by atoms with Crippen LogP contribution in [0.4, 0.5) is 0 Å². The van der Waals surface area contributed by atoms with Gasteiger partial charge in [0.05, 0.1) is 18.7 Å². The molecule has 0 saturated heterocycles. The highest BCUT2D eigenvalue weighted by atomic mass is 127. The molecular formula is C18H30IN3O2. The number of guanidine groups is 1. The Bertz CT molecular complexity index is 499. The molecule has 0 heterocycles. The van der Waals surface area contributed by atoms with E-state index in [1.165, 1.54) is 5.56 Å². The number of halogens is 1. The maximum atomic E-state index is 10.4. The SMILES string of the molecule is CCNC(=NCC1(O)CCCC1)NCCOc1ccc(C)cc1.I. The van der Waals surface area contributed by atoms with Gasteiger partial charge in [0.1, 0.15) is 12.4 Å². The van der Waals surface area contributed by atoms with Crippen LogP contribution in [0.5, 0.6) is 5.75 Å². The van der Waals surface area contributed by atoms with Crippen molar-refractivity contribution < 1.29 is 9.84 Å². The Kier molecular flexibility index (Phi) is 9.43. The van der Waals surface area contributed by atoms with Crippen molar-refractivity contribution >= 4 is 29.9 Å². The van der Waals surface area contributed by atoms with Gasteiger partial charge in [-0.25, -0.2) is 0 Å². The Labute approximate surface area is 162 Å². The number of rotatable bonds is 7. The van der Waals surface area contributed by atoms with Crippen molar-refractivity contribution in [1.82, 2.24) is 10.6 Å². The van der Waals surface area contributed by atoms with E-state index in [1.807, 2.05) is 31.2 Å². The summed E-state index contributed by atoms with van der Waals surface area (Å²) >= 11 is 0. The topological polar surface area (TPSA) is 65.9 Å². The zero-order chi connectivity index (χ0) is 16.5. The van der Waals surface area contributed by atoms with Crippen LogP contribution in [0.25, 0.3) is 0 Å². The number of aryl methyl sites for hydroxylation is 1. The fourth-order valence-corrected chi connectivity index (χ4v) is 2.73. The van der Waals surface area contributed by atoms with Crippen molar-refractivity contribution in [2.24, 2.45) is 4.99 Å². The lowest BCUT2D eigenvalue weighted by Crippen LogP contribution is -2.41. The van der Waals surface area contributed by atoms with Crippen molar-refractivity contribution in [3.63, 3.8) is 0 Å². The summed E-state index contributed by atoms with van der Waals surface area (Å²) in [6.45, 7) is 6.58. The summed E-state index contributed by atoms with van der Waals surface area (Å²) in [4.78, 5) is 4.51. The minimum atomic E-state index is -0.610. The minimum Gasteiger partial charge on any atom is -0.492 e. The van der Waals surface area contributed by atoms with E-state index in [1.54, 1.807) is 0 Å². The fraction of sp³-hybridized carbons (Fsp3) is 0.611. The van der Waals surface area contributed by atoms with Gasteiger partial charge in [-0.1, -0.05) is 30.5 Å². The van der Waals surface area contributed by atoms with Gasteiger partial charge in [-0.05, 0) is 38.8 Å². The third-order valence-corrected chi connectivity index (χ3v) is 4.09. The lowest BCUT2D eigenvalue weighted by atomic mass is 10.0. The molecule has 0 unspecified atom stereocenters. The molecule has 1 aromatic carbocycles. The summed E-state index contributed by atoms with van der Waals surface area (Å²) < 4.78 is 5.69. The van der Waals surface area contributed by atoms with E-state index in [9.17, 15) is 5.11 Å². The van der Waals surface area contributed by atoms with Crippen LogP contribution in [0.15, 0.2) is 29.3 Å². The molecule has 1 fully saturated rings. The first kappa shape index (κ1) is 21.0. The second-order valence-corrected chi connectivity index (χ2v) is 6.21. The molecule has 5 nitrogen and oxygen atoms in total. The van der Waals surface area contributed by atoms with Crippen LogP contribution in [-0.2, 0) is 0 Å². The van der Waals surface area contributed by atoms with Gasteiger partial charge in [-0.3, -0.25) is 4.99 Å². The number of benzene rings is 1. The van der Waals surface area contributed by atoms with Crippen molar-refractivity contribution in [3.8, 4) is 5.75 Å². The number of hydrogen-bond donors (Lipinski definition) is 3. The van der Waals surface area contributed by atoms with Crippen LogP contribution < -0.4 is 15.4 Å². The lowest BCUT2D eigenvalue weighted by Gasteiger charge is -2.20. The Morgan fingerprint density at radius 1 is 1.21 bits per heavy atom. The summed E-state index contributed by atoms with van der Waals surface area (Å²) in [5, 5.41) is 16.8. The summed E-state index contributed by atoms with van der Waals surface area (Å²) in [6, 6.07) is 8.03. The quantitative estimate of drug-likeness (QED) is 0.260. The first-order chi connectivity index (χ1) is 11.1. The zero-order valence-electron chi connectivity index (χ0n) is 14.7. The molecule has 0 amide bonds. The molecule has 0 aromatic heterocycles.